The van der Waals surface area contributed by atoms with Crippen molar-refractivity contribution < 1.29 is 9.90 Å². The van der Waals surface area contributed by atoms with Crippen molar-refractivity contribution in [2.24, 2.45) is 0 Å². The Hall–Kier alpha value is -1.84. The number of imidazole rings is 1. The molecule has 1 aromatic heterocycles. The number of aliphatic carboxylic acids is 1. The molecule has 0 spiro atoms. The summed E-state index contributed by atoms with van der Waals surface area (Å²) >= 11 is 0. The highest BCUT2D eigenvalue weighted by Gasteiger charge is 2.07. The summed E-state index contributed by atoms with van der Waals surface area (Å²) in [4.78, 5) is 18.0. The zero-order chi connectivity index (χ0) is 11.7. The van der Waals surface area contributed by atoms with Crippen LogP contribution in [0.1, 0.15) is 23.4 Å². The lowest BCUT2D eigenvalue weighted by atomic mass is 10.1. The normalized spacial score (nSPS) is 10.9. The fraction of sp³-hybridized carbons (Fsp3) is 0.333. The molecule has 0 amide bonds. The molecule has 84 valence electrons. The summed E-state index contributed by atoms with van der Waals surface area (Å²) in [5.41, 5.74) is 4.27. The van der Waals surface area contributed by atoms with Crippen LogP contribution in [0.4, 0.5) is 0 Å². The van der Waals surface area contributed by atoms with Crippen molar-refractivity contribution in [2.45, 2.75) is 26.7 Å². The number of hydrogen-bond acceptors (Lipinski definition) is 2. The van der Waals surface area contributed by atoms with E-state index in [1.165, 1.54) is 5.56 Å². The highest BCUT2D eigenvalue weighted by molar-refractivity contribution is 5.80. The maximum absolute atomic E-state index is 10.5. The zero-order valence-corrected chi connectivity index (χ0v) is 9.37. The molecular weight excluding hydrogens is 204 g/mol. The molecule has 0 unspecified atom stereocenters. The standard InChI is InChI=1S/C12H14N2O2/c1-7-3-4-9-12(8(7)2)14-10(13-9)5-6-11(15)16/h3-4H,5-6H2,1-2H3,(H,13,14)(H,15,16). The highest BCUT2D eigenvalue weighted by atomic mass is 16.4. The van der Waals surface area contributed by atoms with Crippen molar-refractivity contribution in [1.82, 2.24) is 9.97 Å². The summed E-state index contributed by atoms with van der Waals surface area (Å²) in [5, 5.41) is 8.61. The van der Waals surface area contributed by atoms with Crippen molar-refractivity contribution in [3.8, 4) is 0 Å². The number of carboxylic acid groups (broad SMARTS) is 1. The van der Waals surface area contributed by atoms with Gasteiger partial charge in [-0.3, -0.25) is 4.79 Å². The van der Waals surface area contributed by atoms with E-state index in [4.69, 9.17) is 5.11 Å². The van der Waals surface area contributed by atoms with Gasteiger partial charge < -0.3 is 10.1 Å². The summed E-state index contributed by atoms with van der Waals surface area (Å²) in [6.45, 7) is 4.07. The van der Waals surface area contributed by atoms with Crippen molar-refractivity contribution in [1.29, 1.82) is 0 Å². The van der Waals surface area contributed by atoms with E-state index >= 15 is 0 Å². The molecule has 0 fully saturated rings. The van der Waals surface area contributed by atoms with Gasteiger partial charge in [-0.1, -0.05) is 6.07 Å². The van der Waals surface area contributed by atoms with Crippen molar-refractivity contribution in [3.05, 3.63) is 29.1 Å². The number of nitrogens with zero attached hydrogens (tertiary/aromatic N) is 1. The number of H-pyrrole nitrogens is 1. The molecule has 0 atom stereocenters. The van der Waals surface area contributed by atoms with E-state index in [2.05, 4.69) is 9.97 Å². The molecule has 0 aliphatic carbocycles. The maximum Gasteiger partial charge on any atom is 0.303 e. The lowest BCUT2D eigenvalue weighted by Crippen LogP contribution is -1.98. The Morgan fingerprint density at radius 1 is 1.44 bits per heavy atom. The number of aromatic nitrogens is 2. The van der Waals surface area contributed by atoms with Crippen LogP contribution in [0.3, 0.4) is 0 Å². The van der Waals surface area contributed by atoms with Gasteiger partial charge in [0.15, 0.2) is 0 Å². The van der Waals surface area contributed by atoms with Crippen molar-refractivity contribution in [2.75, 3.05) is 0 Å². The Balaban J connectivity index is 2.36. The number of aromatic amines is 1. The smallest absolute Gasteiger partial charge is 0.303 e. The Morgan fingerprint density at radius 3 is 2.88 bits per heavy atom. The van der Waals surface area contributed by atoms with Gasteiger partial charge in [0.05, 0.1) is 17.5 Å². The van der Waals surface area contributed by atoms with Gasteiger partial charge in [0, 0.05) is 6.42 Å². The van der Waals surface area contributed by atoms with Crippen LogP contribution in [0.5, 0.6) is 0 Å². The molecule has 2 rings (SSSR count). The summed E-state index contributed by atoms with van der Waals surface area (Å²) < 4.78 is 0. The number of carbonyl (C=O) groups is 1. The van der Waals surface area contributed by atoms with E-state index in [1.54, 1.807) is 0 Å². The van der Waals surface area contributed by atoms with Gasteiger partial charge in [-0.25, -0.2) is 4.98 Å². The SMILES string of the molecule is Cc1ccc2[nH]c(CCC(=O)O)nc2c1C. The number of carboxylic acids is 1. The van der Waals surface area contributed by atoms with E-state index < -0.39 is 5.97 Å². The Labute approximate surface area is 93.3 Å². The first-order valence-electron chi connectivity index (χ1n) is 5.24. The molecule has 1 aromatic carbocycles. The molecule has 0 saturated carbocycles. The molecule has 1 heterocycles. The van der Waals surface area contributed by atoms with E-state index in [0.29, 0.717) is 6.42 Å². The predicted octanol–water partition coefficient (Wildman–Crippen LogP) is 2.20. The van der Waals surface area contributed by atoms with Gasteiger partial charge in [0.2, 0.25) is 0 Å². The quantitative estimate of drug-likeness (QED) is 0.829. The third kappa shape index (κ3) is 1.91. The second-order valence-corrected chi connectivity index (χ2v) is 3.98. The summed E-state index contributed by atoms with van der Waals surface area (Å²) in [6, 6.07) is 4.02. The lowest BCUT2D eigenvalue weighted by molar-refractivity contribution is -0.137. The van der Waals surface area contributed by atoms with Crippen LogP contribution in [0.2, 0.25) is 0 Å². The first-order chi connectivity index (χ1) is 7.58. The number of aryl methyl sites for hydroxylation is 3. The molecule has 16 heavy (non-hydrogen) atoms. The molecule has 2 N–H and O–H groups in total. The minimum Gasteiger partial charge on any atom is -0.481 e. The fourth-order valence-corrected chi connectivity index (χ4v) is 1.71. The van der Waals surface area contributed by atoms with Crippen LogP contribution in [0.15, 0.2) is 12.1 Å². The number of nitrogens with one attached hydrogen (secondary N) is 1. The largest absolute Gasteiger partial charge is 0.481 e. The van der Waals surface area contributed by atoms with Gasteiger partial charge in [0.1, 0.15) is 5.82 Å². The lowest BCUT2D eigenvalue weighted by Gasteiger charge is -1.98. The molecule has 2 aromatic rings. The van der Waals surface area contributed by atoms with Crippen LogP contribution >= 0.6 is 0 Å². The van der Waals surface area contributed by atoms with Gasteiger partial charge in [-0.05, 0) is 31.0 Å². The number of hydrogen-bond donors (Lipinski definition) is 2. The summed E-state index contributed by atoms with van der Waals surface area (Å²) in [7, 11) is 0. The Kier molecular flexibility index (Phi) is 2.64. The average Bonchev–Trinajstić information content (AvgIpc) is 2.64. The van der Waals surface area contributed by atoms with Gasteiger partial charge >= 0.3 is 5.97 Å². The predicted molar refractivity (Wildman–Crippen MR) is 61.5 cm³/mol. The molecule has 4 heteroatoms. The van der Waals surface area contributed by atoms with Crippen LogP contribution in [0.25, 0.3) is 11.0 Å². The number of rotatable bonds is 3. The van der Waals surface area contributed by atoms with Crippen LogP contribution in [-0.4, -0.2) is 21.0 Å². The molecular formula is C12H14N2O2. The number of fused-ring (bicyclic) bond motifs is 1. The van der Waals surface area contributed by atoms with Gasteiger partial charge in [0.25, 0.3) is 0 Å². The van der Waals surface area contributed by atoms with Crippen LogP contribution in [0, 0.1) is 13.8 Å². The molecule has 0 radical (unpaired) electrons. The zero-order valence-electron chi connectivity index (χ0n) is 9.37. The van der Waals surface area contributed by atoms with Crippen molar-refractivity contribution in [3.63, 3.8) is 0 Å². The Morgan fingerprint density at radius 2 is 2.19 bits per heavy atom. The monoisotopic (exact) mass is 218 g/mol. The topological polar surface area (TPSA) is 66.0 Å². The molecule has 0 saturated heterocycles. The minimum absolute atomic E-state index is 0.109. The molecule has 4 nitrogen and oxygen atoms in total. The first-order valence-corrected chi connectivity index (χ1v) is 5.24. The summed E-state index contributed by atoms with van der Waals surface area (Å²) in [5.74, 6) is -0.0561. The van der Waals surface area contributed by atoms with Gasteiger partial charge in [-0.2, -0.15) is 0 Å². The van der Waals surface area contributed by atoms with Gasteiger partial charge in [-0.15, -0.1) is 0 Å². The second-order valence-electron chi connectivity index (χ2n) is 3.98. The molecule has 0 bridgehead atoms. The fourth-order valence-electron chi connectivity index (χ4n) is 1.71. The molecule has 0 aliphatic rings. The van der Waals surface area contributed by atoms with Crippen molar-refractivity contribution >= 4 is 17.0 Å². The maximum atomic E-state index is 10.5. The summed E-state index contributed by atoms with van der Waals surface area (Å²) in [6.07, 6.45) is 0.556. The first kappa shape index (κ1) is 10.7. The average molecular weight is 218 g/mol. The third-order valence-electron chi connectivity index (χ3n) is 2.80. The molecule has 0 aliphatic heterocycles. The van der Waals surface area contributed by atoms with Crippen LogP contribution in [-0.2, 0) is 11.2 Å². The Bertz CT molecular complexity index is 543. The third-order valence-corrected chi connectivity index (χ3v) is 2.80. The minimum atomic E-state index is -0.798. The van der Waals surface area contributed by atoms with Crippen LogP contribution < -0.4 is 0 Å². The van der Waals surface area contributed by atoms with E-state index in [1.807, 2.05) is 26.0 Å². The van der Waals surface area contributed by atoms with E-state index in [9.17, 15) is 4.79 Å². The second kappa shape index (κ2) is 3.96. The van der Waals surface area contributed by atoms with E-state index in [0.717, 1.165) is 22.4 Å². The van der Waals surface area contributed by atoms with E-state index in [-0.39, 0.29) is 6.42 Å². The number of benzene rings is 1. The highest BCUT2D eigenvalue weighted by Crippen LogP contribution is 2.19.